The van der Waals surface area contributed by atoms with E-state index in [1.807, 2.05) is 58.0 Å². The molecule has 1 atom stereocenters. The predicted octanol–water partition coefficient (Wildman–Crippen LogP) is 6.00. The van der Waals surface area contributed by atoms with Crippen molar-refractivity contribution in [1.29, 1.82) is 0 Å². The number of nitrogens with zero attached hydrogens (tertiary/aromatic N) is 2. The number of hydrogen-bond acceptors (Lipinski definition) is 4. The number of amides is 1. The summed E-state index contributed by atoms with van der Waals surface area (Å²) >= 11 is 0. The maximum absolute atomic E-state index is 13.5. The Bertz CT molecular complexity index is 1470. The molecule has 4 aromatic rings. The smallest absolute Gasteiger partial charge is 0.335 e. The Morgan fingerprint density at radius 1 is 1.00 bits per heavy atom. The number of benzene rings is 3. The first-order valence-corrected chi connectivity index (χ1v) is 14.0. The molecule has 40 heavy (non-hydrogen) atoms. The van der Waals surface area contributed by atoms with Gasteiger partial charge in [0.2, 0.25) is 5.91 Å². The van der Waals surface area contributed by atoms with E-state index in [9.17, 15) is 14.7 Å². The molecule has 2 heterocycles. The lowest BCUT2D eigenvalue weighted by Crippen LogP contribution is -2.42. The number of carbonyl (C=O) groups is 2. The quantitative estimate of drug-likeness (QED) is 0.267. The number of rotatable bonds is 10. The summed E-state index contributed by atoms with van der Waals surface area (Å²) in [6.45, 7) is 7.19. The molecule has 1 saturated heterocycles. The highest BCUT2D eigenvalue weighted by Gasteiger charge is 2.26. The standard InChI is InChI=1S/C33H36N2O5/c1-3-23(2)31-28-14-11-26(33(37)38)21-29(28)35(22-30(36)34-16-19-39-20-17-34)32(31)25-9-12-27(13-10-25)40-18-15-24-7-5-4-6-8-24/h4-14,21,23H,3,15-20,22H2,1-2H3,(H,37,38). The third-order valence-electron chi connectivity index (χ3n) is 7.74. The van der Waals surface area contributed by atoms with Gasteiger partial charge in [-0.2, -0.15) is 0 Å². The normalized spacial score (nSPS) is 14.3. The second-order valence-electron chi connectivity index (χ2n) is 10.3. The van der Waals surface area contributed by atoms with E-state index in [4.69, 9.17) is 9.47 Å². The summed E-state index contributed by atoms with van der Waals surface area (Å²) in [4.78, 5) is 27.2. The molecule has 0 saturated carbocycles. The largest absolute Gasteiger partial charge is 0.493 e. The predicted molar refractivity (Wildman–Crippen MR) is 156 cm³/mol. The van der Waals surface area contributed by atoms with E-state index in [1.165, 1.54) is 5.56 Å². The number of carboxylic acid groups (broad SMARTS) is 1. The Hall–Kier alpha value is -4.10. The summed E-state index contributed by atoms with van der Waals surface area (Å²) in [6.07, 6.45) is 1.73. The van der Waals surface area contributed by atoms with Crippen LogP contribution in [0.5, 0.6) is 5.75 Å². The highest BCUT2D eigenvalue weighted by Crippen LogP contribution is 2.40. The second kappa shape index (κ2) is 12.4. The van der Waals surface area contributed by atoms with Crippen molar-refractivity contribution in [1.82, 2.24) is 9.47 Å². The van der Waals surface area contributed by atoms with Crippen LogP contribution >= 0.6 is 0 Å². The highest BCUT2D eigenvalue weighted by atomic mass is 16.5. The first kappa shape index (κ1) is 27.5. The van der Waals surface area contributed by atoms with E-state index in [0.29, 0.717) is 32.9 Å². The van der Waals surface area contributed by atoms with Gasteiger partial charge in [0, 0.05) is 24.9 Å². The van der Waals surface area contributed by atoms with Crippen LogP contribution in [-0.2, 0) is 22.5 Å². The third kappa shape index (κ3) is 5.89. The van der Waals surface area contributed by atoms with Crippen LogP contribution in [0, 0.1) is 0 Å². The van der Waals surface area contributed by atoms with E-state index >= 15 is 0 Å². The zero-order valence-electron chi connectivity index (χ0n) is 23.1. The molecule has 1 N–H and O–H groups in total. The van der Waals surface area contributed by atoms with Crippen LogP contribution in [0.25, 0.3) is 22.2 Å². The molecule has 1 aromatic heterocycles. The lowest BCUT2D eigenvalue weighted by atomic mass is 9.92. The van der Waals surface area contributed by atoms with Crippen LogP contribution in [0.3, 0.4) is 0 Å². The molecule has 0 radical (unpaired) electrons. The molecule has 3 aromatic carbocycles. The summed E-state index contributed by atoms with van der Waals surface area (Å²) in [5, 5.41) is 10.7. The second-order valence-corrected chi connectivity index (χ2v) is 10.3. The van der Waals surface area contributed by atoms with Gasteiger partial charge in [-0.3, -0.25) is 4.79 Å². The molecule has 0 bridgehead atoms. The van der Waals surface area contributed by atoms with Crippen molar-refractivity contribution in [3.8, 4) is 17.0 Å². The number of aromatic nitrogens is 1. The number of aromatic carboxylic acids is 1. The van der Waals surface area contributed by atoms with Gasteiger partial charge < -0.3 is 24.0 Å². The molecule has 7 heteroatoms. The number of fused-ring (bicyclic) bond motifs is 1. The molecule has 208 valence electrons. The average Bonchev–Trinajstić information content (AvgIpc) is 3.31. The van der Waals surface area contributed by atoms with Crippen LogP contribution in [0.1, 0.15) is 47.7 Å². The van der Waals surface area contributed by atoms with E-state index in [-0.39, 0.29) is 23.9 Å². The van der Waals surface area contributed by atoms with Gasteiger partial charge in [-0.15, -0.1) is 0 Å². The van der Waals surface area contributed by atoms with Gasteiger partial charge >= 0.3 is 5.97 Å². The van der Waals surface area contributed by atoms with Crippen LogP contribution in [0.4, 0.5) is 0 Å². The first-order valence-electron chi connectivity index (χ1n) is 14.0. The van der Waals surface area contributed by atoms with E-state index in [1.54, 1.807) is 12.1 Å². The molecular formula is C33H36N2O5. The van der Waals surface area contributed by atoms with Gasteiger partial charge in [0.05, 0.1) is 36.6 Å². The minimum Gasteiger partial charge on any atom is -0.493 e. The van der Waals surface area contributed by atoms with Gasteiger partial charge in [0.15, 0.2) is 0 Å². The zero-order chi connectivity index (χ0) is 28.1. The maximum Gasteiger partial charge on any atom is 0.335 e. The van der Waals surface area contributed by atoms with Crippen LogP contribution in [0.15, 0.2) is 72.8 Å². The monoisotopic (exact) mass is 540 g/mol. The average molecular weight is 541 g/mol. The summed E-state index contributed by atoms with van der Waals surface area (Å²) < 4.78 is 13.5. The fourth-order valence-electron chi connectivity index (χ4n) is 5.38. The van der Waals surface area contributed by atoms with Crippen LogP contribution in [-0.4, -0.2) is 59.4 Å². The minimum absolute atomic E-state index is 0.00116. The van der Waals surface area contributed by atoms with Crippen molar-refractivity contribution in [3.05, 3.63) is 89.5 Å². The van der Waals surface area contributed by atoms with Gasteiger partial charge in [-0.05, 0) is 65.4 Å². The fraction of sp³-hybridized carbons (Fsp3) is 0.333. The van der Waals surface area contributed by atoms with Crippen molar-refractivity contribution < 1.29 is 24.2 Å². The molecule has 7 nitrogen and oxygen atoms in total. The van der Waals surface area contributed by atoms with E-state index in [0.717, 1.165) is 46.3 Å². The molecule has 1 unspecified atom stereocenters. The number of hydrogen-bond donors (Lipinski definition) is 1. The van der Waals surface area contributed by atoms with Crippen LogP contribution < -0.4 is 4.74 Å². The van der Waals surface area contributed by atoms with E-state index < -0.39 is 5.97 Å². The number of morpholine rings is 1. The molecule has 5 rings (SSSR count). The summed E-state index contributed by atoms with van der Waals surface area (Å²) in [7, 11) is 0. The molecule has 1 aliphatic rings. The van der Waals surface area contributed by atoms with Crippen molar-refractivity contribution in [3.63, 3.8) is 0 Å². The van der Waals surface area contributed by atoms with Gasteiger partial charge in [0.1, 0.15) is 12.3 Å². The molecule has 1 aliphatic heterocycles. The SMILES string of the molecule is CCC(C)c1c(-c2ccc(OCCc3ccccc3)cc2)n(CC(=O)N2CCOCC2)c2cc(C(=O)O)ccc12. The Morgan fingerprint density at radius 3 is 2.40 bits per heavy atom. The van der Waals surface area contributed by atoms with Crippen molar-refractivity contribution in [2.45, 2.75) is 39.2 Å². The van der Waals surface area contributed by atoms with Crippen LogP contribution in [0.2, 0.25) is 0 Å². The van der Waals surface area contributed by atoms with Crippen molar-refractivity contribution in [2.24, 2.45) is 0 Å². The minimum atomic E-state index is -0.988. The fourth-order valence-corrected chi connectivity index (χ4v) is 5.38. The van der Waals surface area contributed by atoms with Gasteiger partial charge in [-0.25, -0.2) is 4.79 Å². The summed E-state index contributed by atoms with van der Waals surface area (Å²) in [5.74, 6) is -0.00347. The molecule has 1 fully saturated rings. The Labute approximate surface area is 234 Å². The zero-order valence-corrected chi connectivity index (χ0v) is 23.1. The maximum atomic E-state index is 13.5. The Balaban J connectivity index is 1.53. The lowest BCUT2D eigenvalue weighted by molar-refractivity contribution is -0.135. The molecule has 0 spiro atoms. The van der Waals surface area contributed by atoms with E-state index in [2.05, 4.69) is 26.0 Å². The molecular weight excluding hydrogens is 504 g/mol. The number of carboxylic acids is 1. The topological polar surface area (TPSA) is 81.0 Å². The highest BCUT2D eigenvalue weighted by molar-refractivity contribution is 5.99. The third-order valence-corrected chi connectivity index (χ3v) is 7.74. The Kier molecular flexibility index (Phi) is 8.51. The lowest BCUT2D eigenvalue weighted by Gasteiger charge is -2.27. The molecule has 0 aliphatic carbocycles. The Morgan fingerprint density at radius 2 is 1.73 bits per heavy atom. The first-order chi connectivity index (χ1) is 19.5. The number of carbonyl (C=O) groups excluding carboxylic acids is 1. The summed E-state index contributed by atoms with van der Waals surface area (Å²) in [6, 6.07) is 23.5. The van der Waals surface area contributed by atoms with Crippen molar-refractivity contribution >= 4 is 22.8 Å². The molecule has 1 amide bonds. The van der Waals surface area contributed by atoms with Crippen molar-refractivity contribution in [2.75, 3.05) is 32.9 Å². The van der Waals surface area contributed by atoms with Gasteiger partial charge in [0.25, 0.3) is 0 Å². The van der Waals surface area contributed by atoms with Gasteiger partial charge in [-0.1, -0.05) is 50.2 Å². The summed E-state index contributed by atoms with van der Waals surface area (Å²) in [5.41, 5.74) is 5.23. The number of ether oxygens (including phenoxy) is 2.